The Labute approximate surface area is 183 Å². The van der Waals surface area contributed by atoms with Crippen LogP contribution in [0.15, 0.2) is 24.3 Å². The van der Waals surface area contributed by atoms with Crippen molar-refractivity contribution in [1.82, 2.24) is 9.80 Å². The fourth-order valence-electron chi connectivity index (χ4n) is 4.90. The van der Waals surface area contributed by atoms with Crippen molar-refractivity contribution in [3.63, 3.8) is 0 Å². The molecule has 30 heavy (non-hydrogen) atoms. The van der Waals surface area contributed by atoms with Crippen LogP contribution in [0.1, 0.15) is 44.9 Å². The largest absolute Gasteiger partial charge is 0.342 e. The maximum Gasteiger partial charge on any atom is 0.228 e. The van der Waals surface area contributed by atoms with Gasteiger partial charge in [-0.2, -0.15) is 0 Å². The summed E-state index contributed by atoms with van der Waals surface area (Å²) in [5, 5.41) is 0.621. The van der Waals surface area contributed by atoms with Gasteiger partial charge < -0.3 is 14.7 Å². The number of hydrogen-bond donors (Lipinski definition) is 0. The second-order valence-electron chi connectivity index (χ2n) is 8.72. The van der Waals surface area contributed by atoms with Crippen molar-refractivity contribution in [3.05, 3.63) is 29.3 Å². The van der Waals surface area contributed by atoms with Gasteiger partial charge in [0.25, 0.3) is 0 Å². The van der Waals surface area contributed by atoms with Gasteiger partial charge in [0, 0.05) is 55.8 Å². The van der Waals surface area contributed by atoms with E-state index in [-0.39, 0.29) is 36.0 Å². The first-order chi connectivity index (χ1) is 14.5. The minimum Gasteiger partial charge on any atom is -0.342 e. The molecule has 1 unspecified atom stereocenters. The maximum atomic E-state index is 13.0. The molecule has 7 heteroatoms. The average Bonchev–Trinajstić information content (AvgIpc) is 2.97. The van der Waals surface area contributed by atoms with Gasteiger partial charge in [-0.25, -0.2) is 0 Å². The van der Waals surface area contributed by atoms with Crippen LogP contribution in [-0.2, 0) is 14.4 Å². The van der Waals surface area contributed by atoms with Gasteiger partial charge in [-0.15, -0.1) is 0 Å². The Morgan fingerprint density at radius 3 is 2.00 bits per heavy atom. The highest BCUT2D eigenvalue weighted by Crippen LogP contribution is 2.29. The smallest absolute Gasteiger partial charge is 0.228 e. The van der Waals surface area contributed by atoms with Crippen LogP contribution in [0.5, 0.6) is 0 Å². The predicted octanol–water partition coefficient (Wildman–Crippen LogP) is 3.33. The average molecular weight is 432 g/mol. The van der Waals surface area contributed by atoms with Crippen molar-refractivity contribution in [2.75, 3.05) is 37.6 Å². The Hall–Kier alpha value is -2.08. The van der Waals surface area contributed by atoms with Crippen LogP contribution in [0.4, 0.5) is 5.69 Å². The van der Waals surface area contributed by atoms with E-state index in [1.165, 1.54) is 12.8 Å². The number of benzene rings is 1. The summed E-state index contributed by atoms with van der Waals surface area (Å²) < 4.78 is 0. The first-order valence-electron chi connectivity index (χ1n) is 11.2. The predicted molar refractivity (Wildman–Crippen MR) is 116 cm³/mol. The molecule has 3 fully saturated rings. The summed E-state index contributed by atoms with van der Waals surface area (Å²) in [5.74, 6) is 0.00491. The van der Waals surface area contributed by atoms with Crippen molar-refractivity contribution in [1.29, 1.82) is 0 Å². The van der Waals surface area contributed by atoms with Crippen molar-refractivity contribution in [2.24, 2.45) is 11.8 Å². The number of carbonyl (C=O) groups is 3. The van der Waals surface area contributed by atoms with E-state index in [9.17, 15) is 14.4 Å². The number of amides is 3. The number of piperidine rings is 1. The molecule has 6 nitrogen and oxygen atoms in total. The van der Waals surface area contributed by atoms with E-state index in [0.717, 1.165) is 44.5 Å². The summed E-state index contributed by atoms with van der Waals surface area (Å²) >= 11 is 5.94. The second kappa shape index (κ2) is 9.38. The van der Waals surface area contributed by atoms with E-state index in [1.54, 1.807) is 17.0 Å². The number of halogens is 1. The van der Waals surface area contributed by atoms with Gasteiger partial charge in [0.1, 0.15) is 0 Å². The third kappa shape index (κ3) is 4.64. The molecule has 1 aromatic rings. The Morgan fingerprint density at radius 1 is 0.800 bits per heavy atom. The van der Waals surface area contributed by atoms with Crippen LogP contribution in [0.3, 0.4) is 0 Å². The summed E-state index contributed by atoms with van der Waals surface area (Å²) in [6, 6.07) is 7.14. The molecular weight excluding hydrogens is 402 g/mol. The Balaban J connectivity index is 1.30. The van der Waals surface area contributed by atoms with Crippen molar-refractivity contribution in [2.45, 2.75) is 44.9 Å². The van der Waals surface area contributed by atoms with E-state index >= 15 is 0 Å². The van der Waals surface area contributed by atoms with E-state index in [0.29, 0.717) is 24.7 Å². The molecule has 3 aliphatic heterocycles. The lowest BCUT2D eigenvalue weighted by molar-refractivity contribution is -0.142. The molecule has 3 heterocycles. The number of nitrogens with zero attached hydrogens (tertiary/aromatic N) is 3. The van der Waals surface area contributed by atoms with Gasteiger partial charge >= 0.3 is 0 Å². The summed E-state index contributed by atoms with van der Waals surface area (Å²) in [4.78, 5) is 43.9. The van der Waals surface area contributed by atoms with Crippen LogP contribution in [0, 0.1) is 11.8 Å². The molecule has 162 valence electrons. The van der Waals surface area contributed by atoms with Gasteiger partial charge in [0.2, 0.25) is 17.7 Å². The fourth-order valence-corrected chi connectivity index (χ4v) is 5.02. The normalized spacial score (nSPS) is 23.6. The number of carbonyl (C=O) groups excluding carboxylic acids is 3. The Kier molecular flexibility index (Phi) is 6.61. The molecule has 3 aliphatic rings. The second-order valence-corrected chi connectivity index (χ2v) is 9.16. The molecule has 0 aliphatic carbocycles. The molecular formula is C23H30ClN3O3. The van der Waals surface area contributed by atoms with Gasteiger partial charge in [0.15, 0.2) is 0 Å². The maximum absolute atomic E-state index is 13.0. The van der Waals surface area contributed by atoms with Gasteiger partial charge in [-0.3, -0.25) is 14.4 Å². The molecule has 0 spiro atoms. The van der Waals surface area contributed by atoms with Crippen LogP contribution in [0.25, 0.3) is 0 Å². The highest BCUT2D eigenvalue weighted by molar-refractivity contribution is 6.30. The summed E-state index contributed by atoms with van der Waals surface area (Å²) in [7, 11) is 0. The van der Waals surface area contributed by atoms with Crippen LogP contribution in [-0.4, -0.2) is 60.2 Å². The molecule has 1 atom stereocenters. The fraction of sp³-hybridized carbons (Fsp3) is 0.609. The van der Waals surface area contributed by atoms with Crippen LogP contribution >= 0.6 is 11.6 Å². The minimum absolute atomic E-state index is 0.0260. The summed E-state index contributed by atoms with van der Waals surface area (Å²) in [6.45, 7) is 3.38. The molecule has 0 radical (unpaired) electrons. The standard InChI is InChI=1S/C23H30ClN3O3/c24-19-5-7-20(8-6-19)27-16-18(15-21(27)28)23(30)26-13-9-17(10-14-26)22(29)25-11-3-1-2-4-12-25/h5-8,17-18H,1-4,9-16H2. The van der Waals surface area contributed by atoms with Crippen molar-refractivity contribution < 1.29 is 14.4 Å². The van der Waals surface area contributed by atoms with Crippen molar-refractivity contribution in [3.8, 4) is 0 Å². The minimum atomic E-state index is -0.314. The Bertz CT molecular complexity index is 781. The molecule has 0 saturated carbocycles. The number of anilines is 1. The van der Waals surface area contributed by atoms with E-state index in [1.807, 2.05) is 21.9 Å². The molecule has 1 aromatic carbocycles. The van der Waals surface area contributed by atoms with Crippen LogP contribution < -0.4 is 4.90 Å². The quantitative estimate of drug-likeness (QED) is 0.737. The number of likely N-dealkylation sites (tertiary alicyclic amines) is 2. The zero-order chi connectivity index (χ0) is 21.1. The number of rotatable bonds is 3. The monoisotopic (exact) mass is 431 g/mol. The third-order valence-corrected chi connectivity index (χ3v) is 6.94. The lowest BCUT2D eigenvalue weighted by Crippen LogP contribution is -2.46. The summed E-state index contributed by atoms with van der Waals surface area (Å²) in [5.41, 5.74) is 0.779. The van der Waals surface area contributed by atoms with Crippen molar-refractivity contribution >= 4 is 35.0 Å². The molecule has 3 saturated heterocycles. The molecule has 0 N–H and O–H groups in total. The van der Waals surface area contributed by atoms with Crippen LogP contribution in [0.2, 0.25) is 5.02 Å². The van der Waals surface area contributed by atoms with E-state index in [2.05, 4.69) is 0 Å². The molecule has 3 amide bonds. The zero-order valence-electron chi connectivity index (χ0n) is 17.4. The van der Waals surface area contributed by atoms with Gasteiger partial charge in [-0.1, -0.05) is 24.4 Å². The molecule has 4 rings (SSSR count). The van der Waals surface area contributed by atoms with Gasteiger partial charge in [0.05, 0.1) is 5.92 Å². The number of hydrogen-bond acceptors (Lipinski definition) is 3. The topological polar surface area (TPSA) is 60.9 Å². The Morgan fingerprint density at radius 2 is 1.37 bits per heavy atom. The molecule has 0 bridgehead atoms. The summed E-state index contributed by atoms with van der Waals surface area (Å²) in [6.07, 6.45) is 6.32. The third-order valence-electron chi connectivity index (χ3n) is 6.69. The highest BCUT2D eigenvalue weighted by Gasteiger charge is 2.39. The van der Waals surface area contributed by atoms with E-state index in [4.69, 9.17) is 11.6 Å². The molecule has 0 aromatic heterocycles. The van der Waals surface area contributed by atoms with Gasteiger partial charge in [-0.05, 0) is 49.9 Å². The van der Waals surface area contributed by atoms with E-state index < -0.39 is 0 Å². The highest BCUT2D eigenvalue weighted by atomic mass is 35.5. The SMILES string of the molecule is O=C(C1CCN(C(=O)C2CC(=O)N(c3ccc(Cl)cc3)C2)CC1)N1CCCCCC1. The zero-order valence-corrected chi connectivity index (χ0v) is 18.1. The first-order valence-corrected chi connectivity index (χ1v) is 11.5. The first kappa shape index (κ1) is 21.2. The lowest BCUT2D eigenvalue weighted by Gasteiger charge is -2.35. The lowest BCUT2D eigenvalue weighted by atomic mass is 9.94.